The van der Waals surface area contributed by atoms with Crippen molar-refractivity contribution in [2.45, 2.75) is 64.2 Å². The molecule has 0 aromatic heterocycles. The minimum Gasteiger partial charge on any atom is -0.355 e. The Morgan fingerprint density at radius 1 is 0.759 bits per heavy atom. The van der Waals surface area contributed by atoms with Crippen LogP contribution < -0.4 is 10.6 Å². The van der Waals surface area contributed by atoms with Crippen molar-refractivity contribution in [3.05, 3.63) is 0 Å². The molecule has 2 N–H and O–H groups in total. The van der Waals surface area contributed by atoms with Crippen LogP contribution in [-0.2, 0) is 0 Å². The minimum absolute atomic E-state index is 0. The van der Waals surface area contributed by atoms with Gasteiger partial charge in [0, 0.05) is 41.3 Å². The Labute approximate surface area is 194 Å². The van der Waals surface area contributed by atoms with E-state index in [1.54, 1.807) is 0 Å². The van der Waals surface area contributed by atoms with Gasteiger partial charge in [-0.15, -0.1) is 29.0 Å². The maximum absolute atomic E-state index is 8.66. The van der Waals surface area contributed by atoms with Gasteiger partial charge in [-0.1, -0.05) is 51.4 Å². The third kappa shape index (κ3) is 18.0. The van der Waals surface area contributed by atoms with Crippen LogP contribution in [0, 0.1) is 22.9 Å². The molecule has 0 amide bonds. The largest absolute Gasteiger partial charge is 0.355 e. The van der Waals surface area contributed by atoms with Gasteiger partial charge in [0.25, 0.3) is 0 Å². The smallest absolute Gasteiger partial charge is 0.209 e. The first-order valence-corrected chi connectivity index (χ1v) is 10.3. The number of halogens is 1. The Morgan fingerprint density at radius 3 is 1.69 bits per heavy atom. The van der Waals surface area contributed by atoms with Gasteiger partial charge in [0.2, 0.25) is 18.1 Å². The average molecular weight is 518 g/mol. The lowest BCUT2D eigenvalue weighted by Crippen LogP contribution is -2.36. The van der Waals surface area contributed by atoms with E-state index in [1.165, 1.54) is 51.4 Å². The quantitative estimate of drug-likeness (QED) is 0.0967. The number of guanidine groups is 2. The van der Waals surface area contributed by atoms with E-state index in [9.17, 15) is 0 Å². The van der Waals surface area contributed by atoms with E-state index in [1.807, 2.05) is 50.4 Å². The highest BCUT2D eigenvalue weighted by Gasteiger charge is 2.00. The van der Waals surface area contributed by atoms with Crippen molar-refractivity contribution >= 4 is 35.9 Å². The van der Waals surface area contributed by atoms with Crippen LogP contribution in [0.15, 0.2) is 9.98 Å². The number of nitrogens with one attached hydrogen (secondary N) is 2. The molecule has 0 aromatic carbocycles. The molecule has 0 spiro atoms. The number of rotatable bonds is 13. The van der Waals surface area contributed by atoms with E-state index in [2.05, 4.69) is 20.6 Å². The van der Waals surface area contributed by atoms with Crippen LogP contribution >= 0.6 is 24.0 Å². The van der Waals surface area contributed by atoms with Crippen LogP contribution in [0.3, 0.4) is 0 Å². The highest BCUT2D eigenvalue weighted by molar-refractivity contribution is 14.0. The summed E-state index contributed by atoms with van der Waals surface area (Å²) in [5, 5.41) is 23.1. The summed E-state index contributed by atoms with van der Waals surface area (Å²) in [6.07, 6.45) is 16.0. The van der Waals surface area contributed by atoms with Crippen LogP contribution in [0.25, 0.3) is 0 Å². The Kier molecular flexibility index (Phi) is 21.3. The standard InChI is InChI=1S/C20H38N8.HI/c1-27(2)19(25-17-21)23-15-13-11-9-7-5-6-8-10-12-14-16-24-20(26-18-22)28(3)4;/h5-16H2,1-4H3,(H,23,25)(H,24,26);1H. The van der Waals surface area contributed by atoms with Gasteiger partial charge in [-0.25, -0.2) is 0 Å². The Hall–Kier alpha value is -1.75. The molecule has 0 aromatic rings. The van der Waals surface area contributed by atoms with Gasteiger partial charge in [0.15, 0.2) is 6.19 Å². The first-order chi connectivity index (χ1) is 13.5. The van der Waals surface area contributed by atoms with Gasteiger partial charge >= 0.3 is 0 Å². The van der Waals surface area contributed by atoms with Crippen molar-refractivity contribution in [1.82, 2.24) is 20.4 Å². The highest BCUT2D eigenvalue weighted by Crippen LogP contribution is 2.10. The van der Waals surface area contributed by atoms with Crippen molar-refractivity contribution < 1.29 is 0 Å². The second-order valence-electron chi connectivity index (χ2n) is 7.23. The van der Waals surface area contributed by atoms with Gasteiger partial charge in [0.1, 0.15) is 0 Å². The molecule has 0 atom stereocenters. The molecular formula is C20H39IN8. The molecule has 0 aliphatic rings. The molecular weight excluding hydrogens is 479 g/mol. The lowest BCUT2D eigenvalue weighted by Gasteiger charge is -2.15. The van der Waals surface area contributed by atoms with E-state index in [0.29, 0.717) is 11.9 Å². The molecule has 0 aliphatic heterocycles. The number of nitriles is 2. The third-order valence-corrected chi connectivity index (χ3v) is 4.30. The SMILES string of the molecule is CN(C)C(=NCCCCCCCCCCCCNC(=NC#N)N(C)C)NC#N.I. The van der Waals surface area contributed by atoms with Crippen LogP contribution in [0.1, 0.15) is 64.2 Å². The van der Waals surface area contributed by atoms with Gasteiger partial charge < -0.3 is 15.1 Å². The normalized spacial score (nSPS) is 11.1. The highest BCUT2D eigenvalue weighted by atomic mass is 127. The van der Waals surface area contributed by atoms with E-state index in [-0.39, 0.29) is 24.0 Å². The molecule has 8 nitrogen and oxygen atoms in total. The monoisotopic (exact) mass is 518 g/mol. The average Bonchev–Trinajstić information content (AvgIpc) is 2.66. The number of unbranched alkanes of at least 4 members (excludes halogenated alkanes) is 9. The topological polar surface area (TPSA) is 103 Å². The van der Waals surface area contributed by atoms with Gasteiger partial charge in [-0.3, -0.25) is 10.3 Å². The zero-order chi connectivity index (χ0) is 21.0. The van der Waals surface area contributed by atoms with E-state index < -0.39 is 0 Å². The number of hydrogen-bond donors (Lipinski definition) is 2. The first-order valence-electron chi connectivity index (χ1n) is 10.3. The van der Waals surface area contributed by atoms with Crippen molar-refractivity contribution in [3.63, 3.8) is 0 Å². The molecule has 0 unspecified atom stereocenters. The zero-order valence-corrected chi connectivity index (χ0v) is 20.9. The van der Waals surface area contributed by atoms with E-state index >= 15 is 0 Å². The van der Waals surface area contributed by atoms with Crippen LogP contribution in [0.2, 0.25) is 0 Å². The van der Waals surface area contributed by atoms with Gasteiger partial charge in [-0.2, -0.15) is 10.5 Å². The molecule has 0 saturated heterocycles. The van der Waals surface area contributed by atoms with Crippen molar-refractivity contribution in [3.8, 4) is 12.4 Å². The lowest BCUT2D eigenvalue weighted by molar-refractivity contribution is 0.541. The van der Waals surface area contributed by atoms with Crippen molar-refractivity contribution in [1.29, 1.82) is 10.5 Å². The molecule has 0 radical (unpaired) electrons. The molecule has 0 fully saturated rings. The van der Waals surface area contributed by atoms with E-state index in [0.717, 1.165) is 25.9 Å². The predicted octanol–water partition coefficient (Wildman–Crippen LogP) is 3.48. The third-order valence-electron chi connectivity index (χ3n) is 4.30. The fraction of sp³-hybridized carbons (Fsp3) is 0.800. The summed E-state index contributed by atoms with van der Waals surface area (Å²) < 4.78 is 0. The Morgan fingerprint density at radius 2 is 1.24 bits per heavy atom. The molecule has 0 heterocycles. The maximum atomic E-state index is 8.66. The second kappa shape index (κ2) is 21.0. The fourth-order valence-electron chi connectivity index (χ4n) is 2.72. The summed E-state index contributed by atoms with van der Waals surface area (Å²) >= 11 is 0. The molecule has 0 rings (SSSR count). The molecule has 0 bridgehead atoms. The lowest BCUT2D eigenvalue weighted by atomic mass is 10.1. The number of aliphatic imine (C=N–C) groups is 2. The van der Waals surface area contributed by atoms with Crippen LogP contribution in [0.5, 0.6) is 0 Å². The molecule has 9 heteroatoms. The zero-order valence-electron chi connectivity index (χ0n) is 18.6. The van der Waals surface area contributed by atoms with Crippen LogP contribution in [-0.4, -0.2) is 63.0 Å². The Bertz CT molecular complexity index is 532. The van der Waals surface area contributed by atoms with E-state index in [4.69, 9.17) is 10.5 Å². The van der Waals surface area contributed by atoms with Crippen molar-refractivity contribution in [2.24, 2.45) is 9.98 Å². The Balaban J connectivity index is 0. The summed E-state index contributed by atoms with van der Waals surface area (Å²) in [4.78, 5) is 11.8. The number of hydrogen-bond acceptors (Lipinski definition) is 4. The maximum Gasteiger partial charge on any atom is 0.209 e. The fourth-order valence-corrected chi connectivity index (χ4v) is 2.72. The summed E-state index contributed by atoms with van der Waals surface area (Å²) in [6.45, 7) is 1.63. The second-order valence-corrected chi connectivity index (χ2v) is 7.23. The summed E-state index contributed by atoms with van der Waals surface area (Å²) in [5.74, 6) is 1.26. The molecule has 0 saturated carbocycles. The molecule has 0 aliphatic carbocycles. The van der Waals surface area contributed by atoms with Gasteiger partial charge in [0.05, 0.1) is 0 Å². The number of nitrogens with zero attached hydrogens (tertiary/aromatic N) is 6. The van der Waals surface area contributed by atoms with Crippen molar-refractivity contribution in [2.75, 3.05) is 41.3 Å². The first kappa shape index (κ1) is 29.5. The molecule has 166 valence electrons. The van der Waals surface area contributed by atoms with Gasteiger partial charge in [-0.05, 0) is 12.8 Å². The minimum atomic E-state index is 0. The molecule has 29 heavy (non-hydrogen) atoms. The van der Waals surface area contributed by atoms with Crippen LogP contribution in [0.4, 0.5) is 0 Å². The summed E-state index contributed by atoms with van der Waals surface area (Å²) in [7, 11) is 7.51. The summed E-state index contributed by atoms with van der Waals surface area (Å²) in [6, 6.07) is 0. The summed E-state index contributed by atoms with van der Waals surface area (Å²) in [5.41, 5.74) is 0. The predicted molar refractivity (Wildman–Crippen MR) is 131 cm³/mol.